The van der Waals surface area contributed by atoms with Crippen molar-refractivity contribution >= 4 is 5.97 Å². The molecule has 3 heteroatoms. The molecule has 1 atom stereocenters. The molecule has 0 aromatic heterocycles. The second-order valence-electron chi connectivity index (χ2n) is 4.87. The first kappa shape index (κ1) is 14.7. The lowest BCUT2D eigenvalue weighted by Crippen LogP contribution is -2.13. The highest BCUT2D eigenvalue weighted by Gasteiger charge is 2.17. The van der Waals surface area contributed by atoms with Crippen molar-refractivity contribution in [2.24, 2.45) is 5.92 Å². The maximum absolute atomic E-state index is 11.6. The van der Waals surface area contributed by atoms with Gasteiger partial charge in [0.25, 0.3) is 0 Å². The lowest BCUT2D eigenvalue weighted by Gasteiger charge is -2.11. The summed E-state index contributed by atoms with van der Waals surface area (Å²) >= 11 is 0. The topological polar surface area (TPSA) is 35.5 Å². The summed E-state index contributed by atoms with van der Waals surface area (Å²) in [6.45, 7) is 8.34. The van der Waals surface area contributed by atoms with E-state index in [9.17, 15) is 4.79 Å². The van der Waals surface area contributed by atoms with E-state index in [1.54, 1.807) is 6.92 Å². The average molecular weight is 250 g/mol. The Morgan fingerprint density at radius 2 is 1.78 bits per heavy atom. The van der Waals surface area contributed by atoms with Crippen LogP contribution in [0.1, 0.15) is 44.7 Å². The summed E-state index contributed by atoms with van der Waals surface area (Å²) in [7, 11) is 0. The van der Waals surface area contributed by atoms with Gasteiger partial charge in [-0.05, 0) is 37.3 Å². The second kappa shape index (κ2) is 7.17. The van der Waals surface area contributed by atoms with E-state index in [1.165, 1.54) is 5.56 Å². The summed E-state index contributed by atoms with van der Waals surface area (Å²) < 4.78 is 0. The molecule has 1 aromatic rings. The van der Waals surface area contributed by atoms with Crippen LogP contribution in [0.2, 0.25) is 0 Å². The van der Waals surface area contributed by atoms with Gasteiger partial charge in [-0.15, -0.1) is 0 Å². The largest absolute Gasteiger partial charge is 0.349 e. The van der Waals surface area contributed by atoms with Gasteiger partial charge in [-0.25, -0.2) is 4.79 Å². The number of benzene rings is 1. The molecule has 0 fully saturated rings. The van der Waals surface area contributed by atoms with Crippen LogP contribution in [0.15, 0.2) is 24.3 Å². The Morgan fingerprint density at radius 3 is 2.28 bits per heavy atom. The molecule has 0 aliphatic heterocycles. The van der Waals surface area contributed by atoms with E-state index in [4.69, 9.17) is 0 Å². The fourth-order valence-corrected chi connectivity index (χ4v) is 1.74. The smallest absolute Gasteiger partial charge is 0.298 e. The van der Waals surface area contributed by atoms with Crippen molar-refractivity contribution in [3.63, 3.8) is 0 Å². The van der Waals surface area contributed by atoms with Gasteiger partial charge in [0.05, 0.1) is 12.5 Å². The fraction of sp³-hybridized carbons (Fsp3) is 0.533. The predicted octanol–water partition coefficient (Wildman–Crippen LogP) is 3.48. The van der Waals surface area contributed by atoms with Gasteiger partial charge in [-0.2, -0.15) is 4.89 Å². The van der Waals surface area contributed by atoms with Gasteiger partial charge in [-0.3, -0.25) is 4.89 Å². The maximum atomic E-state index is 11.6. The second-order valence-corrected chi connectivity index (χ2v) is 4.87. The van der Waals surface area contributed by atoms with Crippen LogP contribution in [0.25, 0.3) is 0 Å². The molecule has 18 heavy (non-hydrogen) atoms. The summed E-state index contributed by atoms with van der Waals surface area (Å²) in [6, 6.07) is 8.10. The molecule has 0 saturated carbocycles. The van der Waals surface area contributed by atoms with Crippen LogP contribution in [-0.4, -0.2) is 12.6 Å². The lowest BCUT2D eigenvalue weighted by atomic mass is 9.97. The third kappa shape index (κ3) is 4.49. The van der Waals surface area contributed by atoms with E-state index in [1.807, 2.05) is 19.1 Å². The zero-order valence-corrected chi connectivity index (χ0v) is 11.6. The third-order valence-electron chi connectivity index (χ3n) is 2.74. The quantitative estimate of drug-likeness (QED) is 0.572. The van der Waals surface area contributed by atoms with Crippen molar-refractivity contribution < 1.29 is 14.6 Å². The van der Waals surface area contributed by atoms with Crippen molar-refractivity contribution in [1.29, 1.82) is 0 Å². The molecule has 1 aromatic carbocycles. The average Bonchev–Trinajstić information content (AvgIpc) is 2.35. The highest BCUT2D eigenvalue weighted by Crippen LogP contribution is 2.18. The molecule has 3 nitrogen and oxygen atoms in total. The Kier molecular flexibility index (Phi) is 5.86. The molecule has 0 saturated heterocycles. The van der Waals surface area contributed by atoms with Crippen LogP contribution in [0.4, 0.5) is 0 Å². The monoisotopic (exact) mass is 250 g/mol. The lowest BCUT2D eigenvalue weighted by molar-refractivity contribution is -0.270. The van der Waals surface area contributed by atoms with Crippen molar-refractivity contribution in [3.05, 3.63) is 35.4 Å². The summed E-state index contributed by atoms with van der Waals surface area (Å²) in [6.07, 6.45) is 1.05. The minimum absolute atomic E-state index is 0.301. The van der Waals surface area contributed by atoms with E-state index in [0.29, 0.717) is 12.5 Å². The van der Waals surface area contributed by atoms with Gasteiger partial charge < -0.3 is 0 Å². The molecular formula is C15H22O3. The van der Waals surface area contributed by atoms with E-state index in [-0.39, 0.29) is 11.9 Å². The fourth-order valence-electron chi connectivity index (χ4n) is 1.74. The molecule has 0 spiro atoms. The van der Waals surface area contributed by atoms with Crippen LogP contribution < -0.4 is 0 Å². The number of hydrogen-bond acceptors (Lipinski definition) is 3. The van der Waals surface area contributed by atoms with E-state index >= 15 is 0 Å². The predicted molar refractivity (Wildman–Crippen MR) is 71.1 cm³/mol. The van der Waals surface area contributed by atoms with E-state index in [0.717, 1.165) is 12.0 Å². The molecule has 0 aliphatic rings. The summed E-state index contributed by atoms with van der Waals surface area (Å²) in [5.74, 6) is -0.0192. The molecule has 0 heterocycles. The van der Waals surface area contributed by atoms with Crippen molar-refractivity contribution in [2.75, 3.05) is 6.61 Å². The molecular weight excluding hydrogens is 228 g/mol. The minimum atomic E-state index is -0.353. The number of rotatable bonds is 6. The number of hydrogen-bond donors (Lipinski definition) is 0. The summed E-state index contributed by atoms with van der Waals surface area (Å²) in [5, 5.41) is 0. The van der Waals surface area contributed by atoms with Crippen molar-refractivity contribution in [1.82, 2.24) is 0 Å². The zero-order chi connectivity index (χ0) is 13.5. The molecule has 0 unspecified atom stereocenters. The SMILES string of the molecule is CCOOC(=O)[C@@H](C)c1ccc(CC(C)C)cc1. The normalized spacial score (nSPS) is 12.5. The maximum Gasteiger partial charge on any atom is 0.349 e. The van der Waals surface area contributed by atoms with Crippen LogP contribution in [0.3, 0.4) is 0 Å². The summed E-state index contributed by atoms with van der Waals surface area (Å²) in [4.78, 5) is 20.9. The Bertz CT molecular complexity index is 368. The van der Waals surface area contributed by atoms with E-state index < -0.39 is 0 Å². The molecule has 0 aliphatic carbocycles. The standard InChI is InChI=1S/C15H22O3/c1-5-17-18-15(16)12(4)14-8-6-13(7-9-14)10-11(2)3/h6-9,11-12H,5,10H2,1-4H3/t12-/m0/s1. The van der Waals surface area contributed by atoms with Crippen LogP contribution in [-0.2, 0) is 21.0 Å². The third-order valence-corrected chi connectivity index (χ3v) is 2.74. The van der Waals surface area contributed by atoms with Crippen molar-refractivity contribution in [2.45, 2.75) is 40.0 Å². The molecule has 0 amide bonds. The first-order valence-electron chi connectivity index (χ1n) is 6.46. The van der Waals surface area contributed by atoms with Gasteiger partial charge in [0.1, 0.15) is 0 Å². The van der Waals surface area contributed by atoms with Gasteiger partial charge in [0, 0.05) is 0 Å². The number of carbonyl (C=O) groups excluding carboxylic acids is 1. The minimum Gasteiger partial charge on any atom is -0.298 e. The van der Waals surface area contributed by atoms with Crippen LogP contribution in [0.5, 0.6) is 0 Å². The van der Waals surface area contributed by atoms with Crippen molar-refractivity contribution in [3.8, 4) is 0 Å². The molecule has 0 radical (unpaired) electrons. The summed E-state index contributed by atoms with van der Waals surface area (Å²) in [5.41, 5.74) is 2.24. The van der Waals surface area contributed by atoms with E-state index in [2.05, 4.69) is 35.8 Å². The van der Waals surface area contributed by atoms with Gasteiger partial charge >= 0.3 is 5.97 Å². The van der Waals surface area contributed by atoms with Crippen LogP contribution in [0, 0.1) is 5.92 Å². The van der Waals surface area contributed by atoms with Gasteiger partial charge in [-0.1, -0.05) is 38.1 Å². The molecule has 1 rings (SSSR count). The highest BCUT2D eigenvalue weighted by molar-refractivity contribution is 5.77. The molecule has 100 valence electrons. The highest BCUT2D eigenvalue weighted by atomic mass is 17.2. The van der Waals surface area contributed by atoms with Gasteiger partial charge in [0.15, 0.2) is 0 Å². The van der Waals surface area contributed by atoms with Crippen LogP contribution >= 0.6 is 0 Å². The van der Waals surface area contributed by atoms with Gasteiger partial charge in [0.2, 0.25) is 0 Å². The molecule has 0 bridgehead atoms. The Labute approximate surface area is 109 Å². The number of carbonyl (C=O) groups is 1. The Hall–Kier alpha value is -1.35. The first-order chi connectivity index (χ1) is 8.54. The first-order valence-corrected chi connectivity index (χ1v) is 6.46. The molecule has 0 N–H and O–H groups in total. The Morgan fingerprint density at radius 1 is 1.17 bits per heavy atom. The Balaban J connectivity index is 2.63. The zero-order valence-electron chi connectivity index (χ0n) is 11.6.